The standard InChI is InChI=1S/C20H30O4/c1-3-4-5-6-7-8-9-12-20(22)24-15-10-11-17-13-14-18(21)19(16-17)23-2/h10-11,13-14,16,21H,3-9,12,15H2,1-2H3/b11-10+. The Morgan fingerprint density at radius 2 is 1.83 bits per heavy atom. The van der Waals surface area contributed by atoms with Gasteiger partial charge in [0.25, 0.3) is 0 Å². The molecule has 4 nitrogen and oxygen atoms in total. The fourth-order valence-electron chi connectivity index (χ4n) is 2.42. The van der Waals surface area contributed by atoms with E-state index in [4.69, 9.17) is 9.47 Å². The summed E-state index contributed by atoms with van der Waals surface area (Å²) in [6.07, 6.45) is 12.5. The van der Waals surface area contributed by atoms with E-state index in [1.54, 1.807) is 24.3 Å². The molecule has 0 amide bonds. The molecule has 1 aromatic rings. The smallest absolute Gasteiger partial charge is 0.306 e. The first-order chi connectivity index (χ1) is 11.7. The summed E-state index contributed by atoms with van der Waals surface area (Å²) in [6.45, 7) is 2.47. The zero-order chi connectivity index (χ0) is 17.6. The van der Waals surface area contributed by atoms with Crippen LogP contribution in [0.15, 0.2) is 24.3 Å². The third-order valence-electron chi connectivity index (χ3n) is 3.84. The van der Waals surface area contributed by atoms with Gasteiger partial charge in [-0.25, -0.2) is 0 Å². The molecule has 0 unspecified atom stereocenters. The van der Waals surface area contributed by atoms with E-state index in [1.165, 1.54) is 39.2 Å². The van der Waals surface area contributed by atoms with E-state index < -0.39 is 0 Å². The lowest BCUT2D eigenvalue weighted by Gasteiger charge is -2.04. The van der Waals surface area contributed by atoms with Crippen molar-refractivity contribution in [1.82, 2.24) is 0 Å². The Morgan fingerprint density at radius 1 is 1.12 bits per heavy atom. The number of phenolic OH excluding ortho intramolecular Hbond substituents is 1. The summed E-state index contributed by atoms with van der Waals surface area (Å²) in [7, 11) is 1.51. The highest BCUT2D eigenvalue weighted by Crippen LogP contribution is 2.26. The highest BCUT2D eigenvalue weighted by molar-refractivity contribution is 5.69. The van der Waals surface area contributed by atoms with Crippen LogP contribution in [0.2, 0.25) is 0 Å². The van der Waals surface area contributed by atoms with Crippen molar-refractivity contribution in [1.29, 1.82) is 0 Å². The molecule has 0 saturated carbocycles. The van der Waals surface area contributed by atoms with Gasteiger partial charge in [-0.15, -0.1) is 0 Å². The summed E-state index contributed by atoms with van der Waals surface area (Å²) in [5, 5.41) is 9.52. The molecule has 0 saturated heterocycles. The van der Waals surface area contributed by atoms with Crippen molar-refractivity contribution in [3.8, 4) is 11.5 Å². The van der Waals surface area contributed by atoms with E-state index in [-0.39, 0.29) is 18.3 Å². The molecule has 1 rings (SSSR count). The van der Waals surface area contributed by atoms with E-state index >= 15 is 0 Å². The summed E-state index contributed by atoms with van der Waals surface area (Å²) in [5.41, 5.74) is 0.882. The van der Waals surface area contributed by atoms with Crippen molar-refractivity contribution in [3.63, 3.8) is 0 Å². The van der Waals surface area contributed by atoms with E-state index in [0.29, 0.717) is 12.2 Å². The number of phenols is 1. The minimum absolute atomic E-state index is 0.107. The van der Waals surface area contributed by atoms with Crippen LogP contribution in [-0.2, 0) is 9.53 Å². The lowest BCUT2D eigenvalue weighted by molar-refractivity contribution is -0.142. The Hall–Kier alpha value is -1.97. The second-order valence-electron chi connectivity index (χ2n) is 5.89. The van der Waals surface area contributed by atoms with Gasteiger partial charge in [0.2, 0.25) is 0 Å². The molecule has 0 aromatic heterocycles. The Bertz CT molecular complexity index is 508. The molecule has 0 heterocycles. The number of carbonyl (C=O) groups is 1. The van der Waals surface area contributed by atoms with Crippen LogP contribution in [0, 0.1) is 0 Å². The maximum atomic E-state index is 11.6. The SMILES string of the molecule is CCCCCCCCCC(=O)OC/C=C/c1ccc(O)c(OC)c1. The van der Waals surface area contributed by atoms with Gasteiger partial charge in [0, 0.05) is 6.42 Å². The Morgan fingerprint density at radius 3 is 2.54 bits per heavy atom. The summed E-state index contributed by atoms with van der Waals surface area (Å²) in [4.78, 5) is 11.6. The molecule has 134 valence electrons. The van der Waals surface area contributed by atoms with Crippen LogP contribution in [0.4, 0.5) is 0 Å². The van der Waals surface area contributed by atoms with Gasteiger partial charge in [0.15, 0.2) is 11.5 Å². The molecule has 0 bridgehead atoms. The zero-order valence-corrected chi connectivity index (χ0v) is 14.9. The van der Waals surface area contributed by atoms with E-state index in [1.807, 2.05) is 6.08 Å². The van der Waals surface area contributed by atoms with E-state index in [2.05, 4.69) is 6.92 Å². The Balaban J connectivity index is 2.14. The van der Waals surface area contributed by atoms with Crippen molar-refractivity contribution in [3.05, 3.63) is 29.8 Å². The predicted molar refractivity (Wildman–Crippen MR) is 97.3 cm³/mol. The molecule has 1 aromatic carbocycles. The third-order valence-corrected chi connectivity index (χ3v) is 3.84. The van der Waals surface area contributed by atoms with Gasteiger partial charge < -0.3 is 14.6 Å². The fourth-order valence-corrected chi connectivity index (χ4v) is 2.42. The van der Waals surface area contributed by atoms with Crippen LogP contribution in [0.5, 0.6) is 11.5 Å². The first-order valence-electron chi connectivity index (χ1n) is 8.86. The summed E-state index contributed by atoms with van der Waals surface area (Å²) < 4.78 is 10.2. The molecule has 24 heavy (non-hydrogen) atoms. The Kier molecular flexibility index (Phi) is 10.4. The zero-order valence-electron chi connectivity index (χ0n) is 14.9. The normalized spacial score (nSPS) is 10.9. The number of hydrogen-bond acceptors (Lipinski definition) is 4. The topological polar surface area (TPSA) is 55.8 Å². The van der Waals surface area contributed by atoms with Crippen molar-refractivity contribution >= 4 is 12.0 Å². The number of hydrogen-bond donors (Lipinski definition) is 1. The molecule has 4 heteroatoms. The number of methoxy groups -OCH3 is 1. The lowest BCUT2D eigenvalue weighted by Crippen LogP contribution is -2.03. The highest BCUT2D eigenvalue weighted by Gasteiger charge is 2.02. The van der Waals surface area contributed by atoms with Gasteiger partial charge in [0.1, 0.15) is 6.61 Å². The molecule has 0 radical (unpaired) electrons. The van der Waals surface area contributed by atoms with Crippen molar-refractivity contribution in [2.75, 3.05) is 13.7 Å². The van der Waals surface area contributed by atoms with Crippen molar-refractivity contribution in [2.45, 2.75) is 58.3 Å². The molecule has 0 atom stereocenters. The van der Waals surface area contributed by atoms with Crippen LogP contribution in [-0.4, -0.2) is 24.8 Å². The maximum absolute atomic E-state index is 11.6. The average molecular weight is 334 g/mol. The molecule has 0 aliphatic heterocycles. The third kappa shape index (κ3) is 8.61. The molecular formula is C20H30O4. The molecular weight excluding hydrogens is 304 g/mol. The molecule has 0 spiro atoms. The van der Waals surface area contributed by atoms with Gasteiger partial charge in [-0.2, -0.15) is 0 Å². The van der Waals surface area contributed by atoms with Crippen LogP contribution < -0.4 is 4.74 Å². The van der Waals surface area contributed by atoms with Gasteiger partial charge in [0.05, 0.1) is 7.11 Å². The van der Waals surface area contributed by atoms with Crippen molar-refractivity contribution in [2.24, 2.45) is 0 Å². The lowest BCUT2D eigenvalue weighted by atomic mass is 10.1. The number of aromatic hydroxyl groups is 1. The summed E-state index contributed by atoms with van der Waals surface area (Å²) >= 11 is 0. The van der Waals surface area contributed by atoms with Crippen LogP contribution in [0.3, 0.4) is 0 Å². The Labute approximate surface area is 145 Å². The van der Waals surface area contributed by atoms with E-state index in [9.17, 15) is 9.90 Å². The first kappa shape index (κ1) is 20.1. The molecule has 0 fully saturated rings. The summed E-state index contributed by atoms with van der Waals surface area (Å²) in [5.74, 6) is 0.389. The van der Waals surface area contributed by atoms with Crippen molar-refractivity contribution < 1.29 is 19.4 Å². The largest absolute Gasteiger partial charge is 0.504 e. The molecule has 0 aliphatic carbocycles. The number of esters is 1. The molecule has 1 N–H and O–H groups in total. The second-order valence-corrected chi connectivity index (χ2v) is 5.89. The number of unbranched alkanes of at least 4 members (excludes halogenated alkanes) is 6. The van der Waals surface area contributed by atoms with Gasteiger partial charge in [-0.05, 0) is 30.2 Å². The fraction of sp³-hybridized carbons (Fsp3) is 0.550. The quantitative estimate of drug-likeness (QED) is 0.427. The number of rotatable bonds is 12. The maximum Gasteiger partial charge on any atom is 0.306 e. The van der Waals surface area contributed by atoms with Crippen LogP contribution in [0.25, 0.3) is 6.08 Å². The number of benzene rings is 1. The highest BCUT2D eigenvalue weighted by atomic mass is 16.5. The van der Waals surface area contributed by atoms with Crippen LogP contribution in [0.1, 0.15) is 63.9 Å². The first-order valence-corrected chi connectivity index (χ1v) is 8.86. The number of ether oxygens (including phenoxy) is 2. The minimum Gasteiger partial charge on any atom is -0.504 e. The minimum atomic E-state index is -0.142. The molecule has 0 aliphatic rings. The average Bonchev–Trinajstić information content (AvgIpc) is 2.59. The van der Waals surface area contributed by atoms with Crippen LogP contribution >= 0.6 is 0 Å². The van der Waals surface area contributed by atoms with Gasteiger partial charge in [-0.3, -0.25) is 4.79 Å². The van der Waals surface area contributed by atoms with E-state index in [0.717, 1.165) is 18.4 Å². The second kappa shape index (κ2) is 12.5. The number of carbonyl (C=O) groups excluding carboxylic acids is 1. The monoisotopic (exact) mass is 334 g/mol. The predicted octanol–water partition coefficient (Wildman–Crippen LogP) is 5.10. The van der Waals surface area contributed by atoms with Gasteiger partial charge in [-0.1, -0.05) is 57.6 Å². The summed E-state index contributed by atoms with van der Waals surface area (Å²) in [6, 6.07) is 5.08. The van der Waals surface area contributed by atoms with Gasteiger partial charge >= 0.3 is 5.97 Å².